The Morgan fingerprint density at radius 3 is 2.90 bits per heavy atom. The SMILES string of the molecule is CCCC(OCC)c1nc(N)c2c3c(sc2n1)CCC3. The van der Waals surface area contributed by atoms with Crippen LogP contribution in [0.25, 0.3) is 10.2 Å². The zero-order valence-electron chi connectivity index (χ0n) is 12.1. The van der Waals surface area contributed by atoms with Crippen LogP contribution in [0.3, 0.4) is 0 Å². The molecule has 2 aromatic rings. The van der Waals surface area contributed by atoms with Gasteiger partial charge in [0, 0.05) is 11.5 Å². The number of thiophene rings is 1. The maximum absolute atomic E-state index is 6.20. The van der Waals surface area contributed by atoms with Crippen LogP contribution in [-0.2, 0) is 17.6 Å². The fraction of sp³-hybridized carbons (Fsp3) is 0.600. The first kappa shape index (κ1) is 13.8. The minimum atomic E-state index is -0.0337. The van der Waals surface area contributed by atoms with Gasteiger partial charge >= 0.3 is 0 Å². The van der Waals surface area contributed by atoms with Gasteiger partial charge in [0.05, 0.1) is 5.39 Å². The third kappa shape index (κ3) is 2.29. The first-order valence-electron chi connectivity index (χ1n) is 7.43. The van der Waals surface area contributed by atoms with E-state index in [1.807, 2.05) is 6.92 Å². The summed E-state index contributed by atoms with van der Waals surface area (Å²) in [4.78, 5) is 11.8. The number of aromatic nitrogens is 2. The van der Waals surface area contributed by atoms with E-state index >= 15 is 0 Å². The highest BCUT2D eigenvalue weighted by molar-refractivity contribution is 7.19. The van der Waals surface area contributed by atoms with Crippen LogP contribution in [-0.4, -0.2) is 16.6 Å². The summed E-state index contributed by atoms with van der Waals surface area (Å²) < 4.78 is 5.77. The number of hydrogen-bond acceptors (Lipinski definition) is 5. The van der Waals surface area contributed by atoms with Gasteiger partial charge in [0.1, 0.15) is 16.8 Å². The van der Waals surface area contributed by atoms with Gasteiger partial charge in [0.15, 0.2) is 5.82 Å². The van der Waals surface area contributed by atoms with E-state index in [4.69, 9.17) is 15.5 Å². The Hall–Kier alpha value is -1.20. The number of rotatable bonds is 5. The van der Waals surface area contributed by atoms with Gasteiger partial charge in [-0.25, -0.2) is 9.97 Å². The van der Waals surface area contributed by atoms with E-state index in [1.165, 1.54) is 16.9 Å². The smallest absolute Gasteiger partial charge is 0.161 e. The first-order chi connectivity index (χ1) is 9.74. The molecule has 3 rings (SSSR count). The molecule has 20 heavy (non-hydrogen) atoms. The molecule has 1 unspecified atom stereocenters. The van der Waals surface area contributed by atoms with Gasteiger partial charge in [-0.05, 0) is 38.2 Å². The third-order valence-corrected chi connectivity index (χ3v) is 5.00. The second kappa shape index (κ2) is 5.66. The van der Waals surface area contributed by atoms with Crippen LogP contribution in [0.1, 0.15) is 55.5 Å². The Balaban J connectivity index is 2.05. The van der Waals surface area contributed by atoms with Crippen molar-refractivity contribution in [3.63, 3.8) is 0 Å². The maximum atomic E-state index is 6.20. The number of nitrogen functional groups attached to an aromatic ring is 1. The Morgan fingerprint density at radius 1 is 1.30 bits per heavy atom. The summed E-state index contributed by atoms with van der Waals surface area (Å²) in [6, 6.07) is 0. The van der Waals surface area contributed by atoms with Crippen molar-refractivity contribution < 1.29 is 4.74 Å². The van der Waals surface area contributed by atoms with Gasteiger partial charge < -0.3 is 10.5 Å². The van der Waals surface area contributed by atoms with Crippen molar-refractivity contribution in [3.05, 3.63) is 16.3 Å². The molecule has 0 saturated carbocycles. The molecule has 1 atom stereocenters. The molecule has 0 saturated heterocycles. The monoisotopic (exact) mass is 291 g/mol. The quantitative estimate of drug-likeness (QED) is 0.913. The Labute approximate surface area is 123 Å². The molecule has 2 aromatic heterocycles. The van der Waals surface area contributed by atoms with Crippen LogP contribution in [0.2, 0.25) is 0 Å². The third-order valence-electron chi connectivity index (χ3n) is 3.82. The summed E-state index contributed by atoms with van der Waals surface area (Å²) >= 11 is 1.78. The first-order valence-corrected chi connectivity index (χ1v) is 8.25. The molecule has 0 aliphatic heterocycles. The van der Waals surface area contributed by atoms with E-state index in [1.54, 1.807) is 11.3 Å². The van der Waals surface area contributed by atoms with Crippen molar-refractivity contribution in [2.75, 3.05) is 12.3 Å². The van der Waals surface area contributed by atoms with Crippen LogP contribution < -0.4 is 5.73 Å². The zero-order chi connectivity index (χ0) is 14.1. The van der Waals surface area contributed by atoms with Crippen molar-refractivity contribution >= 4 is 27.4 Å². The van der Waals surface area contributed by atoms with E-state index in [-0.39, 0.29) is 6.10 Å². The molecule has 5 heteroatoms. The van der Waals surface area contributed by atoms with Crippen molar-refractivity contribution in [3.8, 4) is 0 Å². The number of nitrogens with zero attached hydrogens (tertiary/aromatic N) is 2. The largest absolute Gasteiger partial charge is 0.383 e. The number of nitrogens with two attached hydrogens (primary N) is 1. The van der Waals surface area contributed by atoms with Crippen LogP contribution in [0.15, 0.2) is 0 Å². The molecule has 1 aliphatic rings. The topological polar surface area (TPSA) is 61.0 Å². The number of anilines is 1. The lowest BCUT2D eigenvalue weighted by molar-refractivity contribution is 0.0497. The Morgan fingerprint density at radius 2 is 2.15 bits per heavy atom. The molecule has 0 spiro atoms. The normalized spacial score (nSPS) is 15.7. The Bertz CT molecular complexity index is 617. The molecule has 0 fully saturated rings. The van der Waals surface area contributed by atoms with Gasteiger partial charge in [-0.2, -0.15) is 0 Å². The van der Waals surface area contributed by atoms with Gasteiger partial charge in [-0.1, -0.05) is 13.3 Å². The van der Waals surface area contributed by atoms with Gasteiger partial charge in [0.25, 0.3) is 0 Å². The molecule has 108 valence electrons. The van der Waals surface area contributed by atoms with E-state index in [9.17, 15) is 0 Å². The van der Waals surface area contributed by atoms with Crippen molar-refractivity contribution in [2.24, 2.45) is 0 Å². The highest BCUT2D eigenvalue weighted by Crippen LogP contribution is 2.39. The summed E-state index contributed by atoms with van der Waals surface area (Å²) in [5, 5.41) is 1.10. The van der Waals surface area contributed by atoms with Gasteiger partial charge in [-0.3, -0.25) is 0 Å². The number of ether oxygens (including phenoxy) is 1. The fourth-order valence-electron chi connectivity index (χ4n) is 2.94. The van der Waals surface area contributed by atoms with Crippen LogP contribution in [0.5, 0.6) is 0 Å². The lowest BCUT2D eigenvalue weighted by Gasteiger charge is -2.15. The van der Waals surface area contributed by atoms with Crippen LogP contribution >= 0.6 is 11.3 Å². The lowest BCUT2D eigenvalue weighted by Crippen LogP contribution is -2.10. The average molecular weight is 291 g/mol. The van der Waals surface area contributed by atoms with Crippen molar-refractivity contribution in [1.29, 1.82) is 0 Å². The minimum absolute atomic E-state index is 0.0337. The van der Waals surface area contributed by atoms with E-state index in [0.29, 0.717) is 12.4 Å². The lowest BCUT2D eigenvalue weighted by atomic mass is 10.1. The molecule has 2 N–H and O–H groups in total. The minimum Gasteiger partial charge on any atom is -0.383 e. The molecular formula is C15H21N3OS. The summed E-state index contributed by atoms with van der Waals surface area (Å²) in [6.45, 7) is 4.82. The fourth-order valence-corrected chi connectivity index (χ4v) is 4.21. The number of fused-ring (bicyclic) bond motifs is 3. The predicted molar refractivity (Wildman–Crippen MR) is 83.1 cm³/mol. The molecular weight excluding hydrogens is 270 g/mol. The molecule has 0 aromatic carbocycles. The zero-order valence-corrected chi connectivity index (χ0v) is 12.9. The van der Waals surface area contributed by atoms with Crippen LogP contribution in [0, 0.1) is 0 Å². The molecule has 0 amide bonds. The average Bonchev–Trinajstić information content (AvgIpc) is 2.98. The van der Waals surface area contributed by atoms with E-state index < -0.39 is 0 Å². The molecule has 0 bridgehead atoms. The predicted octanol–water partition coefficient (Wildman–Crippen LogP) is 3.64. The second-order valence-corrected chi connectivity index (χ2v) is 6.32. The van der Waals surface area contributed by atoms with Gasteiger partial charge in [-0.15, -0.1) is 11.3 Å². The molecule has 1 aliphatic carbocycles. The molecule has 2 heterocycles. The summed E-state index contributed by atoms with van der Waals surface area (Å²) in [5.41, 5.74) is 7.59. The molecule has 4 nitrogen and oxygen atoms in total. The van der Waals surface area contributed by atoms with Gasteiger partial charge in [0.2, 0.25) is 0 Å². The number of hydrogen-bond donors (Lipinski definition) is 1. The summed E-state index contributed by atoms with van der Waals surface area (Å²) in [6.07, 6.45) is 5.46. The van der Waals surface area contributed by atoms with Crippen LogP contribution in [0.4, 0.5) is 5.82 Å². The van der Waals surface area contributed by atoms with Crippen molar-refractivity contribution in [1.82, 2.24) is 9.97 Å². The van der Waals surface area contributed by atoms with Crippen molar-refractivity contribution in [2.45, 2.75) is 52.1 Å². The standard InChI is InChI=1S/C15H21N3OS/c1-3-6-10(19-4-2)14-17-13(16)12-9-7-5-8-11(9)20-15(12)18-14/h10H,3-8H2,1-2H3,(H2,16,17,18). The Kier molecular flexibility index (Phi) is 3.89. The highest BCUT2D eigenvalue weighted by Gasteiger charge is 2.23. The van der Waals surface area contributed by atoms with E-state index in [0.717, 1.165) is 41.7 Å². The molecule has 0 radical (unpaired) electrons. The number of aryl methyl sites for hydroxylation is 2. The summed E-state index contributed by atoms with van der Waals surface area (Å²) in [5.74, 6) is 1.38. The summed E-state index contributed by atoms with van der Waals surface area (Å²) in [7, 11) is 0. The maximum Gasteiger partial charge on any atom is 0.161 e. The highest BCUT2D eigenvalue weighted by atomic mass is 32.1. The van der Waals surface area contributed by atoms with E-state index in [2.05, 4.69) is 11.9 Å². The second-order valence-electron chi connectivity index (χ2n) is 5.24.